The van der Waals surface area contributed by atoms with Crippen LogP contribution in [0.5, 0.6) is 0 Å². The lowest BCUT2D eigenvalue weighted by Gasteiger charge is -2.31. The van der Waals surface area contributed by atoms with Crippen LogP contribution in [0.2, 0.25) is 0 Å². The fourth-order valence-corrected chi connectivity index (χ4v) is 1.65. The quantitative estimate of drug-likeness (QED) is 0.710. The minimum Gasteiger partial charge on any atom is -0.370 e. The van der Waals surface area contributed by atoms with E-state index in [4.69, 9.17) is 0 Å². The van der Waals surface area contributed by atoms with Gasteiger partial charge in [-0.1, -0.05) is 0 Å². The lowest BCUT2D eigenvalue weighted by atomic mass is 10.1. The summed E-state index contributed by atoms with van der Waals surface area (Å²) in [6.07, 6.45) is 0. The Morgan fingerprint density at radius 2 is 2.07 bits per heavy atom. The monoisotopic (exact) mass is 212 g/mol. The third-order valence-corrected chi connectivity index (χ3v) is 2.46. The molecule has 0 bridgehead atoms. The van der Waals surface area contributed by atoms with Crippen LogP contribution in [0.4, 0.5) is 20.2 Å². The second-order valence-electron chi connectivity index (χ2n) is 3.55. The molecule has 80 valence electrons. The molecule has 1 aromatic carbocycles. The minimum absolute atomic E-state index is 0.172. The summed E-state index contributed by atoms with van der Waals surface area (Å²) < 4.78 is 26.3. The Bertz CT molecular complexity index is 434. The van der Waals surface area contributed by atoms with Crippen molar-refractivity contribution in [2.45, 2.75) is 13.0 Å². The van der Waals surface area contributed by atoms with Crippen LogP contribution in [0.1, 0.15) is 6.92 Å². The topological polar surface area (TPSA) is 32.3 Å². The van der Waals surface area contributed by atoms with E-state index < -0.39 is 17.7 Å². The van der Waals surface area contributed by atoms with Crippen molar-refractivity contribution < 1.29 is 13.6 Å². The molecule has 1 atom stereocenters. The zero-order valence-corrected chi connectivity index (χ0v) is 8.34. The molecule has 2 rings (SSSR count). The second kappa shape index (κ2) is 3.18. The van der Waals surface area contributed by atoms with E-state index >= 15 is 0 Å². The van der Waals surface area contributed by atoms with Gasteiger partial charge in [-0.15, -0.1) is 0 Å². The van der Waals surface area contributed by atoms with Crippen LogP contribution < -0.4 is 10.2 Å². The first-order chi connectivity index (χ1) is 7.00. The fourth-order valence-electron chi connectivity index (χ4n) is 1.65. The highest BCUT2D eigenvalue weighted by molar-refractivity contribution is 6.04. The molecule has 5 heteroatoms. The van der Waals surface area contributed by atoms with E-state index in [-0.39, 0.29) is 17.3 Å². The third-order valence-electron chi connectivity index (χ3n) is 2.46. The van der Waals surface area contributed by atoms with Gasteiger partial charge in [0.25, 0.3) is 0 Å². The van der Waals surface area contributed by atoms with Crippen LogP contribution in [-0.2, 0) is 4.79 Å². The molecular formula is C10H10F2N2O. The van der Waals surface area contributed by atoms with Crippen LogP contribution in [0.3, 0.4) is 0 Å². The van der Waals surface area contributed by atoms with Gasteiger partial charge < -0.3 is 10.2 Å². The van der Waals surface area contributed by atoms with E-state index in [0.717, 1.165) is 12.1 Å². The fraction of sp³-hybridized carbons (Fsp3) is 0.300. The molecule has 0 spiro atoms. The number of nitrogens with one attached hydrogen (secondary N) is 1. The zero-order chi connectivity index (χ0) is 11.2. The Kier molecular flexibility index (Phi) is 2.10. The number of carbonyl (C=O) groups excluding carboxylic acids is 1. The molecule has 1 unspecified atom stereocenters. The number of rotatable bonds is 0. The Hall–Kier alpha value is -1.65. The summed E-state index contributed by atoms with van der Waals surface area (Å²) in [5.41, 5.74) is 0.404. The van der Waals surface area contributed by atoms with Gasteiger partial charge >= 0.3 is 0 Å². The molecule has 0 saturated carbocycles. The molecule has 0 radical (unpaired) electrons. The van der Waals surface area contributed by atoms with Gasteiger partial charge in [0.15, 0.2) is 5.82 Å². The summed E-state index contributed by atoms with van der Waals surface area (Å²) in [5, 5.41) is 2.70. The van der Waals surface area contributed by atoms with Crippen LogP contribution >= 0.6 is 0 Å². The van der Waals surface area contributed by atoms with Crippen LogP contribution in [0, 0.1) is 11.6 Å². The predicted octanol–water partition coefficient (Wildman–Crippen LogP) is 1.74. The maximum Gasteiger partial charge on any atom is 0.248 e. The largest absolute Gasteiger partial charge is 0.370 e. The lowest BCUT2D eigenvalue weighted by Crippen LogP contribution is -2.43. The molecule has 1 heterocycles. The van der Waals surface area contributed by atoms with E-state index in [9.17, 15) is 13.6 Å². The van der Waals surface area contributed by atoms with Crippen LogP contribution in [0.25, 0.3) is 0 Å². The molecular weight excluding hydrogens is 202 g/mol. The van der Waals surface area contributed by atoms with Gasteiger partial charge in [-0.2, -0.15) is 0 Å². The first-order valence-corrected chi connectivity index (χ1v) is 4.54. The highest BCUT2D eigenvalue weighted by Gasteiger charge is 2.29. The first kappa shape index (κ1) is 9.89. The Morgan fingerprint density at radius 1 is 1.40 bits per heavy atom. The molecule has 3 nitrogen and oxygen atoms in total. The van der Waals surface area contributed by atoms with E-state index in [1.54, 1.807) is 6.92 Å². The smallest absolute Gasteiger partial charge is 0.248 e. The number of halogens is 2. The number of carbonyl (C=O) groups is 1. The van der Waals surface area contributed by atoms with Crippen LogP contribution in [0.15, 0.2) is 12.1 Å². The van der Waals surface area contributed by atoms with Gasteiger partial charge in [-0.25, -0.2) is 8.78 Å². The number of likely N-dealkylation sites (N-methyl/N-ethyl adjacent to an activating group) is 1. The average molecular weight is 212 g/mol. The number of anilines is 2. The van der Waals surface area contributed by atoms with Gasteiger partial charge in [-0.3, -0.25) is 4.79 Å². The van der Waals surface area contributed by atoms with Crippen molar-refractivity contribution in [3.63, 3.8) is 0 Å². The number of benzene rings is 1. The normalized spacial score (nSPS) is 19.9. The van der Waals surface area contributed by atoms with Crippen molar-refractivity contribution in [2.75, 3.05) is 17.3 Å². The number of hydrogen-bond donors (Lipinski definition) is 1. The standard InChI is InChI=1S/C10H10F2N2O/c1-5-10(15)14(2)8-4-6(11)3-7(12)9(8)13-5/h3-5,13H,1-2H3. The lowest BCUT2D eigenvalue weighted by molar-refractivity contribution is -0.118. The summed E-state index contributed by atoms with van der Waals surface area (Å²) in [7, 11) is 1.50. The zero-order valence-electron chi connectivity index (χ0n) is 8.34. The first-order valence-electron chi connectivity index (χ1n) is 4.54. The SMILES string of the molecule is CC1Nc2c(F)cc(F)cc2N(C)C1=O. The summed E-state index contributed by atoms with van der Waals surface area (Å²) in [6.45, 7) is 1.63. The highest BCUT2D eigenvalue weighted by atomic mass is 19.1. The van der Waals surface area contributed by atoms with Crippen molar-refractivity contribution in [3.8, 4) is 0 Å². The summed E-state index contributed by atoms with van der Waals surface area (Å²) in [5.74, 6) is -1.59. The van der Waals surface area contributed by atoms with Crippen molar-refractivity contribution in [1.29, 1.82) is 0 Å². The molecule has 1 aliphatic rings. The Morgan fingerprint density at radius 3 is 2.73 bits per heavy atom. The van der Waals surface area contributed by atoms with Gasteiger partial charge in [0.2, 0.25) is 5.91 Å². The van der Waals surface area contributed by atoms with Gasteiger partial charge in [0.05, 0.1) is 11.4 Å². The molecule has 1 amide bonds. The third kappa shape index (κ3) is 1.44. The molecule has 1 N–H and O–H groups in total. The Balaban J connectivity index is 2.60. The molecule has 1 aliphatic heterocycles. The average Bonchev–Trinajstić information content (AvgIpc) is 2.17. The van der Waals surface area contributed by atoms with Crippen molar-refractivity contribution in [1.82, 2.24) is 0 Å². The Labute approximate surface area is 85.7 Å². The van der Waals surface area contributed by atoms with Gasteiger partial charge in [0, 0.05) is 13.1 Å². The van der Waals surface area contributed by atoms with E-state index in [1.807, 2.05) is 0 Å². The predicted molar refractivity (Wildman–Crippen MR) is 52.9 cm³/mol. The number of nitrogens with zero attached hydrogens (tertiary/aromatic N) is 1. The van der Waals surface area contributed by atoms with E-state index in [0.29, 0.717) is 0 Å². The number of hydrogen-bond acceptors (Lipinski definition) is 2. The molecule has 0 saturated heterocycles. The minimum atomic E-state index is -0.692. The molecule has 1 aromatic rings. The summed E-state index contributed by atoms with van der Waals surface area (Å²) in [4.78, 5) is 12.8. The van der Waals surface area contributed by atoms with Crippen molar-refractivity contribution in [2.24, 2.45) is 0 Å². The van der Waals surface area contributed by atoms with Gasteiger partial charge in [-0.05, 0) is 13.0 Å². The van der Waals surface area contributed by atoms with Crippen molar-refractivity contribution >= 4 is 17.3 Å². The maximum absolute atomic E-state index is 13.4. The summed E-state index contributed by atoms with van der Waals surface area (Å²) >= 11 is 0. The molecule has 0 fully saturated rings. The van der Waals surface area contributed by atoms with Crippen molar-refractivity contribution in [3.05, 3.63) is 23.8 Å². The van der Waals surface area contributed by atoms with E-state index in [1.165, 1.54) is 11.9 Å². The maximum atomic E-state index is 13.4. The number of amides is 1. The van der Waals surface area contributed by atoms with Gasteiger partial charge in [0.1, 0.15) is 11.9 Å². The summed E-state index contributed by atoms with van der Waals surface area (Å²) in [6, 6.07) is 1.43. The molecule has 0 aromatic heterocycles. The molecule has 0 aliphatic carbocycles. The van der Waals surface area contributed by atoms with E-state index in [2.05, 4.69) is 5.32 Å². The second-order valence-corrected chi connectivity index (χ2v) is 3.55. The highest BCUT2D eigenvalue weighted by Crippen LogP contribution is 2.33. The molecule has 15 heavy (non-hydrogen) atoms. The van der Waals surface area contributed by atoms with Crippen LogP contribution in [-0.4, -0.2) is 19.0 Å². The number of fused-ring (bicyclic) bond motifs is 1.